The number of epoxide rings is 1. The molecule has 1 saturated heterocycles. The van der Waals surface area contributed by atoms with Gasteiger partial charge in [0.2, 0.25) is 0 Å². The Morgan fingerprint density at radius 3 is 2.54 bits per heavy atom. The van der Waals surface area contributed by atoms with Crippen LogP contribution < -0.4 is 9.04 Å². The smallest absolute Gasteiger partial charge is 0.267 e. The third kappa shape index (κ3) is 3.13. The molecule has 0 bridgehead atoms. The molecule has 0 N–H and O–H groups in total. The summed E-state index contributed by atoms with van der Waals surface area (Å²) < 4.78 is 38.7. The number of rotatable bonds is 6. The Bertz CT molecular complexity index is 1040. The third-order valence-corrected chi connectivity index (χ3v) is 6.23. The van der Waals surface area contributed by atoms with E-state index >= 15 is 0 Å². The second-order valence-electron chi connectivity index (χ2n) is 6.18. The van der Waals surface area contributed by atoms with Crippen molar-refractivity contribution in [3.63, 3.8) is 0 Å². The fourth-order valence-electron chi connectivity index (χ4n) is 2.89. The molecule has 0 aliphatic carbocycles. The van der Waals surface area contributed by atoms with Gasteiger partial charge in [-0.05, 0) is 23.6 Å². The van der Waals surface area contributed by atoms with Gasteiger partial charge in [-0.3, -0.25) is 4.31 Å². The molecule has 0 saturated carbocycles. The van der Waals surface area contributed by atoms with Crippen molar-refractivity contribution >= 4 is 26.5 Å². The number of hydrogen-bond donors (Lipinski definition) is 0. The van der Waals surface area contributed by atoms with Crippen LogP contribution in [0.4, 0.5) is 5.69 Å². The average Bonchev–Trinajstić information content (AvgIpc) is 3.50. The minimum Gasteiger partial charge on any atom is -0.489 e. The van der Waals surface area contributed by atoms with Crippen LogP contribution in [0.25, 0.3) is 10.8 Å². The Morgan fingerprint density at radius 2 is 1.73 bits per heavy atom. The summed E-state index contributed by atoms with van der Waals surface area (Å²) in [6.07, 6.45) is 0.0570. The summed E-state index contributed by atoms with van der Waals surface area (Å²) >= 11 is 0. The van der Waals surface area contributed by atoms with E-state index in [1.165, 1.54) is 4.31 Å². The highest BCUT2D eigenvalue weighted by Gasteiger charge is 2.28. The molecule has 134 valence electrons. The summed E-state index contributed by atoms with van der Waals surface area (Å²) in [5, 5.41) is 1.87. The Hall–Kier alpha value is -2.57. The van der Waals surface area contributed by atoms with E-state index in [1.54, 1.807) is 37.4 Å². The molecule has 3 aromatic rings. The van der Waals surface area contributed by atoms with Crippen molar-refractivity contribution in [2.75, 3.05) is 24.6 Å². The molecule has 6 heteroatoms. The second kappa shape index (κ2) is 6.63. The van der Waals surface area contributed by atoms with Gasteiger partial charge in [-0.15, -0.1) is 0 Å². The number of anilines is 1. The van der Waals surface area contributed by atoms with Crippen molar-refractivity contribution in [2.45, 2.75) is 11.0 Å². The first kappa shape index (κ1) is 16.9. The van der Waals surface area contributed by atoms with Gasteiger partial charge in [-0.2, -0.15) is 0 Å². The lowest BCUT2D eigenvalue weighted by molar-refractivity contribution is 0.258. The Morgan fingerprint density at radius 1 is 1.04 bits per heavy atom. The number of benzene rings is 3. The van der Waals surface area contributed by atoms with Crippen LogP contribution in [0.15, 0.2) is 71.6 Å². The SMILES string of the molecule is CN(c1cccc2ccccc12)S(=O)(=O)c1ccccc1OCC1CO1. The zero-order valence-electron chi connectivity index (χ0n) is 14.3. The summed E-state index contributed by atoms with van der Waals surface area (Å²) in [5.41, 5.74) is 0.628. The highest BCUT2D eigenvalue weighted by atomic mass is 32.2. The number of fused-ring (bicyclic) bond motifs is 1. The van der Waals surface area contributed by atoms with Gasteiger partial charge in [-0.1, -0.05) is 48.5 Å². The second-order valence-corrected chi connectivity index (χ2v) is 8.12. The largest absolute Gasteiger partial charge is 0.489 e. The van der Waals surface area contributed by atoms with E-state index in [9.17, 15) is 8.42 Å². The Kier molecular flexibility index (Phi) is 4.30. The van der Waals surface area contributed by atoms with Crippen LogP contribution in [0.1, 0.15) is 0 Å². The number of hydrogen-bond acceptors (Lipinski definition) is 4. The van der Waals surface area contributed by atoms with E-state index in [0.717, 1.165) is 10.8 Å². The van der Waals surface area contributed by atoms with Gasteiger partial charge in [-0.25, -0.2) is 8.42 Å². The normalized spacial score (nSPS) is 16.4. The number of ether oxygens (including phenoxy) is 2. The van der Waals surface area contributed by atoms with E-state index in [-0.39, 0.29) is 11.0 Å². The topological polar surface area (TPSA) is 59.1 Å². The molecule has 1 atom stereocenters. The van der Waals surface area contributed by atoms with Crippen LogP contribution in [0.5, 0.6) is 5.75 Å². The third-order valence-electron chi connectivity index (χ3n) is 4.42. The molecule has 1 aliphatic heterocycles. The van der Waals surface area contributed by atoms with Gasteiger partial charge < -0.3 is 9.47 Å². The van der Waals surface area contributed by atoms with E-state index in [4.69, 9.17) is 9.47 Å². The van der Waals surface area contributed by atoms with Crippen molar-refractivity contribution in [2.24, 2.45) is 0 Å². The van der Waals surface area contributed by atoms with E-state index in [0.29, 0.717) is 24.7 Å². The summed E-state index contributed by atoms with van der Waals surface area (Å²) in [7, 11) is -2.21. The maximum Gasteiger partial charge on any atom is 0.267 e. The quantitative estimate of drug-likeness (QED) is 0.625. The number of sulfonamides is 1. The standard InChI is InChI=1S/C20H19NO4S/c1-21(18-10-6-8-15-7-2-3-9-17(15)18)26(22,23)20-12-5-4-11-19(20)25-14-16-13-24-16/h2-12,16H,13-14H2,1H3. The lowest BCUT2D eigenvalue weighted by atomic mass is 10.1. The predicted octanol–water partition coefficient (Wildman–Crippen LogP) is 3.44. The summed E-state index contributed by atoms with van der Waals surface area (Å²) in [5.74, 6) is 0.343. The van der Waals surface area contributed by atoms with Crippen molar-refractivity contribution in [1.29, 1.82) is 0 Å². The summed E-state index contributed by atoms with van der Waals surface area (Å²) in [6, 6.07) is 20.1. The van der Waals surface area contributed by atoms with Crippen LogP contribution in [0.3, 0.4) is 0 Å². The molecule has 1 aliphatic rings. The molecule has 0 spiro atoms. The maximum absolute atomic E-state index is 13.3. The van der Waals surface area contributed by atoms with E-state index in [2.05, 4.69) is 0 Å². The molecule has 0 radical (unpaired) electrons. The molecule has 0 aromatic heterocycles. The van der Waals surface area contributed by atoms with Gasteiger partial charge >= 0.3 is 0 Å². The maximum atomic E-state index is 13.3. The Labute approximate surface area is 152 Å². The molecule has 1 heterocycles. The minimum atomic E-state index is -3.77. The first-order valence-electron chi connectivity index (χ1n) is 8.37. The minimum absolute atomic E-state index is 0.0570. The Balaban J connectivity index is 1.74. The molecule has 0 amide bonds. The molecule has 5 nitrogen and oxygen atoms in total. The van der Waals surface area contributed by atoms with E-state index < -0.39 is 10.0 Å². The van der Waals surface area contributed by atoms with Gasteiger partial charge in [0.1, 0.15) is 23.4 Å². The monoisotopic (exact) mass is 369 g/mol. The van der Waals surface area contributed by atoms with Crippen molar-refractivity contribution in [3.05, 3.63) is 66.7 Å². The first-order chi connectivity index (χ1) is 12.6. The fraction of sp³-hybridized carbons (Fsp3) is 0.200. The molecule has 26 heavy (non-hydrogen) atoms. The van der Waals surface area contributed by atoms with Crippen LogP contribution >= 0.6 is 0 Å². The van der Waals surface area contributed by atoms with Crippen molar-refractivity contribution < 1.29 is 17.9 Å². The van der Waals surface area contributed by atoms with Gasteiger partial charge in [0.05, 0.1) is 12.3 Å². The van der Waals surface area contributed by atoms with Crippen LogP contribution in [0, 0.1) is 0 Å². The molecule has 3 aromatic carbocycles. The number of para-hydroxylation sites is 1. The van der Waals surface area contributed by atoms with Crippen molar-refractivity contribution in [1.82, 2.24) is 0 Å². The molecular weight excluding hydrogens is 350 g/mol. The van der Waals surface area contributed by atoms with E-state index in [1.807, 2.05) is 36.4 Å². The molecule has 1 unspecified atom stereocenters. The predicted molar refractivity (Wildman–Crippen MR) is 101 cm³/mol. The zero-order chi connectivity index (χ0) is 18.1. The summed E-state index contributed by atoms with van der Waals surface area (Å²) in [6.45, 7) is 1.01. The lowest BCUT2D eigenvalue weighted by Crippen LogP contribution is -2.27. The molecular formula is C20H19NO4S. The molecule has 1 fully saturated rings. The van der Waals surface area contributed by atoms with Gasteiger partial charge in [0, 0.05) is 12.4 Å². The van der Waals surface area contributed by atoms with Crippen LogP contribution in [0.2, 0.25) is 0 Å². The molecule has 4 rings (SSSR count). The lowest BCUT2D eigenvalue weighted by Gasteiger charge is -2.22. The van der Waals surface area contributed by atoms with Crippen LogP contribution in [-0.2, 0) is 14.8 Å². The van der Waals surface area contributed by atoms with Gasteiger partial charge in [0.25, 0.3) is 10.0 Å². The zero-order valence-corrected chi connectivity index (χ0v) is 15.1. The highest BCUT2D eigenvalue weighted by Crippen LogP contribution is 2.33. The van der Waals surface area contributed by atoms with Gasteiger partial charge in [0.15, 0.2) is 0 Å². The highest BCUT2D eigenvalue weighted by molar-refractivity contribution is 7.93. The van der Waals surface area contributed by atoms with Crippen molar-refractivity contribution in [3.8, 4) is 5.75 Å². The first-order valence-corrected chi connectivity index (χ1v) is 9.81. The van der Waals surface area contributed by atoms with Crippen LogP contribution in [-0.4, -0.2) is 34.8 Å². The summed E-state index contributed by atoms with van der Waals surface area (Å²) in [4.78, 5) is 0.149. The fourth-order valence-corrected chi connectivity index (χ4v) is 4.23. The number of nitrogens with zero attached hydrogens (tertiary/aromatic N) is 1. The average molecular weight is 369 g/mol.